The molecule has 2 aromatic rings. The summed E-state index contributed by atoms with van der Waals surface area (Å²) >= 11 is 0. The van der Waals surface area contributed by atoms with E-state index in [0.717, 1.165) is 37.1 Å². The van der Waals surface area contributed by atoms with Crippen molar-refractivity contribution >= 4 is 17.8 Å². The summed E-state index contributed by atoms with van der Waals surface area (Å²) in [4.78, 5) is 27.5. The molecular formula is C20H25N5O2. The second kappa shape index (κ2) is 9.02. The normalized spacial score (nSPS) is 19.1. The molecule has 0 unspecified atom stereocenters. The van der Waals surface area contributed by atoms with E-state index in [1.807, 2.05) is 18.2 Å². The molecule has 1 aromatic heterocycles. The number of aromatic nitrogens is 1. The first-order valence-electron chi connectivity index (χ1n) is 9.21. The fourth-order valence-corrected chi connectivity index (χ4v) is 3.24. The number of nitrogens with zero attached hydrogens (tertiary/aromatic N) is 1. The number of carbonyl (C=O) groups is 2. The first-order valence-corrected chi connectivity index (χ1v) is 9.21. The molecule has 1 heterocycles. The molecule has 1 aromatic carbocycles. The number of pyridine rings is 1. The molecule has 7 heteroatoms. The van der Waals surface area contributed by atoms with E-state index in [0.29, 0.717) is 18.2 Å². The number of hydrogen-bond acceptors (Lipinski definition) is 4. The van der Waals surface area contributed by atoms with Gasteiger partial charge in [-0.05, 0) is 55.5 Å². The molecule has 1 aliphatic rings. The van der Waals surface area contributed by atoms with Crippen LogP contribution in [0, 0.1) is 0 Å². The van der Waals surface area contributed by atoms with E-state index in [9.17, 15) is 9.59 Å². The van der Waals surface area contributed by atoms with Crippen molar-refractivity contribution in [3.8, 4) is 0 Å². The predicted octanol–water partition coefficient (Wildman–Crippen LogP) is 2.40. The summed E-state index contributed by atoms with van der Waals surface area (Å²) in [6.07, 6.45) is 5.64. The SMILES string of the molecule is NC(=O)c1ccc(CNC(=O)NC2CCC(Nc3ccccn3)CC2)cc1. The topological polar surface area (TPSA) is 109 Å². The van der Waals surface area contributed by atoms with Crippen molar-refractivity contribution in [2.75, 3.05) is 5.32 Å². The maximum atomic E-state index is 12.1. The highest BCUT2D eigenvalue weighted by molar-refractivity contribution is 5.92. The maximum Gasteiger partial charge on any atom is 0.315 e. The lowest BCUT2D eigenvalue weighted by molar-refractivity contribution is 0.1000. The molecule has 5 N–H and O–H groups in total. The van der Waals surface area contributed by atoms with Crippen LogP contribution >= 0.6 is 0 Å². The average Bonchev–Trinajstić information content (AvgIpc) is 2.69. The van der Waals surface area contributed by atoms with Gasteiger partial charge in [-0.3, -0.25) is 4.79 Å². The number of nitrogens with one attached hydrogen (secondary N) is 3. The Kier molecular flexibility index (Phi) is 6.25. The van der Waals surface area contributed by atoms with Crippen LogP contribution in [0.15, 0.2) is 48.7 Å². The van der Waals surface area contributed by atoms with Gasteiger partial charge >= 0.3 is 6.03 Å². The van der Waals surface area contributed by atoms with E-state index in [2.05, 4.69) is 20.9 Å². The van der Waals surface area contributed by atoms with Gasteiger partial charge in [0.05, 0.1) is 0 Å². The minimum atomic E-state index is -0.458. The molecule has 0 radical (unpaired) electrons. The van der Waals surface area contributed by atoms with Crippen molar-refractivity contribution in [2.45, 2.75) is 44.3 Å². The molecule has 1 aliphatic carbocycles. The fourth-order valence-electron chi connectivity index (χ4n) is 3.24. The number of urea groups is 1. The molecule has 7 nitrogen and oxygen atoms in total. The number of nitrogens with two attached hydrogens (primary N) is 1. The summed E-state index contributed by atoms with van der Waals surface area (Å²) < 4.78 is 0. The number of primary amides is 1. The monoisotopic (exact) mass is 367 g/mol. The van der Waals surface area contributed by atoms with Crippen LogP contribution in [0.2, 0.25) is 0 Å². The van der Waals surface area contributed by atoms with Crippen LogP contribution < -0.4 is 21.7 Å². The zero-order valence-electron chi connectivity index (χ0n) is 15.2. The second-order valence-electron chi connectivity index (χ2n) is 6.80. The lowest BCUT2D eigenvalue weighted by Crippen LogP contribution is -2.44. The quantitative estimate of drug-likeness (QED) is 0.628. The number of anilines is 1. The molecule has 1 saturated carbocycles. The van der Waals surface area contributed by atoms with Gasteiger partial charge < -0.3 is 21.7 Å². The zero-order chi connectivity index (χ0) is 19.1. The van der Waals surface area contributed by atoms with Crippen molar-refractivity contribution < 1.29 is 9.59 Å². The van der Waals surface area contributed by atoms with E-state index in [4.69, 9.17) is 5.73 Å². The number of carbonyl (C=O) groups excluding carboxylic acids is 2. The Labute approximate surface area is 158 Å². The highest BCUT2D eigenvalue weighted by Crippen LogP contribution is 2.21. The van der Waals surface area contributed by atoms with Crippen LogP contribution in [0.4, 0.5) is 10.6 Å². The van der Waals surface area contributed by atoms with Gasteiger partial charge in [0.15, 0.2) is 0 Å². The lowest BCUT2D eigenvalue weighted by Gasteiger charge is -2.30. The molecule has 0 spiro atoms. The van der Waals surface area contributed by atoms with Crippen molar-refractivity contribution in [1.82, 2.24) is 15.6 Å². The van der Waals surface area contributed by atoms with E-state index in [1.165, 1.54) is 0 Å². The third kappa shape index (κ3) is 5.70. The Balaban J connectivity index is 1.37. The minimum Gasteiger partial charge on any atom is -0.367 e. The Morgan fingerprint density at radius 3 is 2.33 bits per heavy atom. The predicted molar refractivity (Wildman–Crippen MR) is 104 cm³/mol. The van der Waals surface area contributed by atoms with Crippen LogP contribution in [-0.2, 0) is 6.54 Å². The molecule has 0 aliphatic heterocycles. The van der Waals surface area contributed by atoms with Gasteiger partial charge in [-0.1, -0.05) is 18.2 Å². The molecule has 1 fully saturated rings. The number of benzene rings is 1. The van der Waals surface area contributed by atoms with E-state index >= 15 is 0 Å². The van der Waals surface area contributed by atoms with Gasteiger partial charge in [0, 0.05) is 30.4 Å². The number of rotatable bonds is 6. The van der Waals surface area contributed by atoms with Crippen LogP contribution in [0.5, 0.6) is 0 Å². The molecule has 3 amide bonds. The largest absolute Gasteiger partial charge is 0.367 e. The van der Waals surface area contributed by atoms with Gasteiger partial charge in [0.1, 0.15) is 5.82 Å². The molecular weight excluding hydrogens is 342 g/mol. The minimum absolute atomic E-state index is 0.171. The molecule has 0 bridgehead atoms. The summed E-state index contributed by atoms with van der Waals surface area (Å²) in [5, 5.41) is 9.33. The first kappa shape index (κ1) is 18.7. The van der Waals surface area contributed by atoms with Crippen molar-refractivity contribution in [2.24, 2.45) is 5.73 Å². The van der Waals surface area contributed by atoms with Crippen molar-refractivity contribution in [1.29, 1.82) is 0 Å². The summed E-state index contributed by atoms with van der Waals surface area (Å²) in [5.41, 5.74) is 6.59. The average molecular weight is 367 g/mol. The molecule has 0 atom stereocenters. The Bertz CT molecular complexity index is 756. The molecule has 27 heavy (non-hydrogen) atoms. The highest BCUT2D eigenvalue weighted by Gasteiger charge is 2.22. The summed E-state index contributed by atoms with van der Waals surface area (Å²) in [6.45, 7) is 0.404. The van der Waals surface area contributed by atoms with Crippen molar-refractivity contribution in [3.63, 3.8) is 0 Å². The van der Waals surface area contributed by atoms with Crippen LogP contribution in [0.1, 0.15) is 41.6 Å². The number of hydrogen-bond donors (Lipinski definition) is 4. The molecule has 3 rings (SSSR count). The highest BCUT2D eigenvalue weighted by atomic mass is 16.2. The summed E-state index contributed by atoms with van der Waals surface area (Å²) in [5.74, 6) is 0.439. The van der Waals surface area contributed by atoms with Gasteiger partial charge in [-0.25, -0.2) is 9.78 Å². The van der Waals surface area contributed by atoms with Gasteiger partial charge in [-0.2, -0.15) is 0 Å². The molecule has 142 valence electrons. The fraction of sp³-hybridized carbons (Fsp3) is 0.350. The Morgan fingerprint density at radius 1 is 1.00 bits per heavy atom. The van der Waals surface area contributed by atoms with E-state index in [-0.39, 0.29) is 12.1 Å². The van der Waals surface area contributed by atoms with Crippen molar-refractivity contribution in [3.05, 3.63) is 59.8 Å². The zero-order valence-corrected chi connectivity index (χ0v) is 15.2. The van der Waals surface area contributed by atoms with Crippen LogP contribution in [0.25, 0.3) is 0 Å². The van der Waals surface area contributed by atoms with Crippen LogP contribution in [-0.4, -0.2) is 29.0 Å². The second-order valence-corrected chi connectivity index (χ2v) is 6.80. The Morgan fingerprint density at radius 2 is 1.70 bits per heavy atom. The summed E-state index contributed by atoms with van der Waals surface area (Å²) in [6, 6.07) is 13.1. The van der Waals surface area contributed by atoms with E-state index in [1.54, 1.807) is 30.5 Å². The van der Waals surface area contributed by atoms with Gasteiger partial charge in [-0.15, -0.1) is 0 Å². The molecule has 0 saturated heterocycles. The Hall–Kier alpha value is -3.09. The first-order chi connectivity index (χ1) is 13.1. The van der Waals surface area contributed by atoms with Gasteiger partial charge in [0.2, 0.25) is 5.91 Å². The standard InChI is InChI=1S/C20H25N5O2/c21-19(26)15-6-4-14(5-7-15)13-23-20(27)25-17-10-8-16(9-11-17)24-18-3-1-2-12-22-18/h1-7,12,16-17H,8-11,13H2,(H2,21,26)(H,22,24)(H2,23,25,27). The lowest BCUT2D eigenvalue weighted by atomic mass is 9.91. The van der Waals surface area contributed by atoms with Crippen LogP contribution in [0.3, 0.4) is 0 Å². The maximum absolute atomic E-state index is 12.1. The third-order valence-corrected chi connectivity index (χ3v) is 4.77. The number of amides is 3. The third-order valence-electron chi connectivity index (χ3n) is 4.77. The van der Waals surface area contributed by atoms with Gasteiger partial charge in [0.25, 0.3) is 0 Å². The van der Waals surface area contributed by atoms with E-state index < -0.39 is 5.91 Å². The smallest absolute Gasteiger partial charge is 0.315 e. The summed E-state index contributed by atoms with van der Waals surface area (Å²) in [7, 11) is 0.